The highest BCUT2D eigenvalue weighted by atomic mass is 35.5. The Hall–Kier alpha value is -1.79. The first-order chi connectivity index (χ1) is 9.49. The third kappa shape index (κ3) is 6.40. The number of aliphatic carboxylic acids is 1. The van der Waals surface area contributed by atoms with Gasteiger partial charge in [0, 0.05) is 11.6 Å². The van der Waals surface area contributed by atoms with Crippen molar-refractivity contribution in [2.45, 2.75) is 13.0 Å². The van der Waals surface area contributed by atoms with Crippen molar-refractivity contribution in [2.75, 3.05) is 19.8 Å². The molecule has 0 aliphatic carbocycles. The van der Waals surface area contributed by atoms with E-state index in [1.807, 2.05) is 19.1 Å². The summed E-state index contributed by atoms with van der Waals surface area (Å²) in [6.07, 6.45) is 0. The third-order valence-electron chi connectivity index (χ3n) is 2.48. The number of urea groups is 1. The van der Waals surface area contributed by atoms with Gasteiger partial charge in [0.15, 0.2) is 0 Å². The van der Waals surface area contributed by atoms with Crippen molar-refractivity contribution in [1.29, 1.82) is 0 Å². The van der Waals surface area contributed by atoms with Gasteiger partial charge in [-0.3, -0.25) is 0 Å². The molecule has 110 valence electrons. The number of amides is 2. The molecule has 7 heteroatoms. The lowest BCUT2D eigenvalue weighted by molar-refractivity contribution is -0.142. The minimum Gasteiger partial charge on any atom is -0.480 e. The Morgan fingerprint density at radius 1 is 1.35 bits per heavy atom. The standard InChI is InChI=1S/C13H17ClN2O4/c1-9(10-2-4-11(14)5-3-10)16-13(19)15-6-7-20-8-12(17)18/h2-5,9H,6-8H2,1H3,(H,17,18)(H2,15,16,19). The van der Waals surface area contributed by atoms with E-state index in [2.05, 4.69) is 10.6 Å². The highest BCUT2D eigenvalue weighted by Crippen LogP contribution is 2.15. The topological polar surface area (TPSA) is 87.7 Å². The number of carbonyl (C=O) groups is 2. The highest BCUT2D eigenvalue weighted by Gasteiger charge is 2.08. The van der Waals surface area contributed by atoms with Crippen LogP contribution in [0.1, 0.15) is 18.5 Å². The summed E-state index contributed by atoms with van der Waals surface area (Å²) in [6, 6.07) is 6.69. The number of ether oxygens (including phenoxy) is 1. The van der Waals surface area contributed by atoms with Gasteiger partial charge in [0.05, 0.1) is 12.6 Å². The lowest BCUT2D eigenvalue weighted by Gasteiger charge is -2.15. The van der Waals surface area contributed by atoms with Crippen molar-refractivity contribution >= 4 is 23.6 Å². The molecule has 20 heavy (non-hydrogen) atoms. The van der Waals surface area contributed by atoms with Gasteiger partial charge in [0.1, 0.15) is 6.61 Å². The summed E-state index contributed by atoms with van der Waals surface area (Å²) < 4.78 is 4.79. The van der Waals surface area contributed by atoms with Gasteiger partial charge in [-0.15, -0.1) is 0 Å². The fourth-order valence-electron chi connectivity index (χ4n) is 1.48. The first-order valence-electron chi connectivity index (χ1n) is 6.08. The van der Waals surface area contributed by atoms with Crippen molar-refractivity contribution < 1.29 is 19.4 Å². The van der Waals surface area contributed by atoms with Gasteiger partial charge in [-0.1, -0.05) is 23.7 Å². The molecule has 0 aromatic heterocycles. The van der Waals surface area contributed by atoms with Gasteiger partial charge in [0.25, 0.3) is 0 Å². The second-order valence-corrected chi connectivity index (χ2v) is 4.56. The summed E-state index contributed by atoms with van der Waals surface area (Å²) in [4.78, 5) is 21.8. The molecule has 1 unspecified atom stereocenters. The quantitative estimate of drug-likeness (QED) is 0.670. The van der Waals surface area contributed by atoms with Crippen LogP contribution in [0.4, 0.5) is 4.79 Å². The molecule has 1 atom stereocenters. The Bertz CT molecular complexity index is 450. The van der Waals surface area contributed by atoms with Crippen molar-refractivity contribution in [3.8, 4) is 0 Å². The maximum atomic E-state index is 11.6. The van der Waals surface area contributed by atoms with Gasteiger partial charge >= 0.3 is 12.0 Å². The van der Waals surface area contributed by atoms with E-state index in [1.54, 1.807) is 12.1 Å². The number of benzene rings is 1. The highest BCUT2D eigenvalue weighted by molar-refractivity contribution is 6.30. The molecule has 3 N–H and O–H groups in total. The minimum absolute atomic E-state index is 0.148. The van der Waals surface area contributed by atoms with Crippen molar-refractivity contribution in [2.24, 2.45) is 0 Å². The summed E-state index contributed by atoms with van der Waals surface area (Å²) >= 11 is 5.79. The Kier molecular flexibility index (Phi) is 6.83. The van der Waals surface area contributed by atoms with Crippen LogP contribution in [0.2, 0.25) is 5.02 Å². The van der Waals surface area contributed by atoms with E-state index in [4.69, 9.17) is 21.4 Å². The van der Waals surface area contributed by atoms with Crippen LogP contribution in [0.15, 0.2) is 24.3 Å². The fourth-order valence-corrected chi connectivity index (χ4v) is 1.60. The lowest BCUT2D eigenvalue weighted by atomic mass is 10.1. The number of halogens is 1. The Morgan fingerprint density at radius 3 is 2.60 bits per heavy atom. The van der Waals surface area contributed by atoms with Crippen LogP contribution < -0.4 is 10.6 Å². The number of rotatable bonds is 7. The molecule has 0 fully saturated rings. The summed E-state index contributed by atoms with van der Waals surface area (Å²) in [5.41, 5.74) is 0.937. The van der Waals surface area contributed by atoms with Crippen LogP contribution in [0.5, 0.6) is 0 Å². The SMILES string of the molecule is CC(NC(=O)NCCOCC(=O)O)c1ccc(Cl)cc1. The molecule has 0 radical (unpaired) electrons. The average molecular weight is 301 g/mol. The van der Waals surface area contributed by atoms with Gasteiger partial charge in [0.2, 0.25) is 0 Å². The molecular weight excluding hydrogens is 284 g/mol. The predicted octanol–water partition coefficient (Wildman–Crippen LogP) is 1.80. The van der Waals surface area contributed by atoms with Crippen molar-refractivity contribution in [3.63, 3.8) is 0 Å². The molecule has 0 aliphatic heterocycles. The fraction of sp³-hybridized carbons (Fsp3) is 0.385. The lowest BCUT2D eigenvalue weighted by Crippen LogP contribution is -2.38. The number of carboxylic acid groups (broad SMARTS) is 1. The van der Waals surface area contributed by atoms with E-state index in [1.165, 1.54) is 0 Å². The molecule has 0 bridgehead atoms. The van der Waals surface area contributed by atoms with Crippen LogP contribution in [0.25, 0.3) is 0 Å². The van der Waals surface area contributed by atoms with E-state index in [0.717, 1.165) is 5.56 Å². The molecule has 1 aromatic rings. The zero-order valence-electron chi connectivity index (χ0n) is 11.1. The first-order valence-corrected chi connectivity index (χ1v) is 6.46. The Balaban J connectivity index is 2.24. The summed E-state index contributed by atoms with van der Waals surface area (Å²) in [5, 5.41) is 14.3. The number of nitrogens with one attached hydrogen (secondary N) is 2. The molecule has 0 spiro atoms. The van der Waals surface area contributed by atoms with E-state index in [-0.39, 0.29) is 31.8 Å². The number of hydrogen-bond donors (Lipinski definition) is 3. The zero-order chi connectivity index (χ0) is 15.0. The Labute approximate surface area is 122 Å². The second kappa shape index (κ2) is 8.39. The van der Waals surface area contributed by atoms with E-state index in [0.29, 0.717) is 5.02 Å². The Morgan fingerprint density at radius 2 is 2.00 bits per heavy atom. The molecule has 0 saturated carbocycles. The second-order valence-electron chi connectivity index (χ2n) is 4.12. The van der Waals surface area contributed by atoms with Crippen molar-refractivity contribution in [3.05, 3.63) is 34.9 Å². The van der Waals surface area contributed by atoms with E-state index in [9.17, 15) is 9.59 Å². The molecule has 1 aromatic carbocycles. The van der Waals surface area contributed by atoms with Gasteiger partial charge in [-0.05, 0) is 24.6 Å². The molecule has 6 nitrogen and oxygen atoms in total. The smallest absolute Gasteiger partial charge is 0.329 e. The zero-order valence-corrected chi connectivity index (χ0v) is 11.8. The minimum atomic E-state index is -1.04. The normalized spacial score (nSPS) is 11.7. The number of carboxylic acids is 1. The monoisotopic (exact) mass is 300 g/mol. The summed E-state index contributed by atoms with van der Waals surface area (Å²) in [7, 11) is 0. The van der Waals surface area contributed by atoms with E-state index >= 15 is 0 Å². The predicted molar refractivity (Wildman–Crippen MR) is 74.9 cm³/mol. The molecule has 0 heterocycles. The third-order valence-corrected chi connectivity index (χ3v) is 2.73. The van der Waals surface area contributed by atoms with Crippen LogP contribution in [0, 0.1) is 0 Å². The van der Waals surface area contributed by atoms with Crippen molar-refractivity contribution in [1.82, 2.24) is 10.6 Å². The summed E-state index contributed by atoms with van der Waals surface area (Å²) in [6.45, 7) is 1.87. The van der Waals surface area contributed by atoms with Crippen LogP contribution >= 0.6 is 11.6 Å². The van der Waals surface area contributed by atoms with E-state index < -0.39 is 5.97 Å². The average Bonchev–Trinajstić information content (AvgIpc) is 2.38. The maximum absolute atomic E-state index is 11.6. The molecule has 1 rings (SSSR count). The molecule has 2 amide bonds. The van der Waals surface area contributed by atoms with Crippen LogP contribution in [-0.4, -0.2) is 36.9 Å². The van der Waals surface area contributed by atoms with Crippen LogP contribution in [-0.2, 0) is 9.53 Å². The van der Waals surface area contributed by atoms with Crippen LogP contribution in [0.3, 0.4) is 0 Å². The van der Waals surface area contributed by atoms with Gasteiger partial charge in [-0.2, -0.15) is 0 Å². The maximum Gasteiger partial charge on any atom is 0.329 e. The molecular formula is C13H17ClN2O4. The van der Waals surface area contributed by atoms with Gasteiger partial charge in [-0.25, -0.2) is 9.59 Å². The molecule has 0 aliphatic rings. The largest absolute Gasteiger partial charge is 0.480 e. The summed E-state index contributed by atoms with van der Waals surface area (Å²) in [5.74, 6) is -1.04. The number of carbonyl (C=O) groups excluding carboxylic acids is 1. The molecule has 0 saturated heterocycles. The van der Waals surface area contributed by atoms with Gasteiger partial charge < -0.3 is 20.5 Å². The first kappa shape index (κ1) is 16.3. The number of hydrogen-bond acceptors (Lipinski definition) is 3.